The van der Waals surface area contributed by atoms with Crippen LogP contribution in [-0.4, -0.2) is 32.6 Å². The van der Waals surface area contributed by atoms with Gasteiger partial charge in [0.1, 0.15) is 11.3 Å². The Hall–Kier alpha value is -2.96. The third-order valence-corrected chi connectivity index (χ3v) is 4.10. The summed E-state index contributed by atoms with van der Waals surface area (Å²) in [6.07, 6.45) is 0. The lowest BCUT2D eigenvalue weighted by Crippen LogP contribution is -2.29. The summed E-state index contributed by atoms with van der Waals surface area (Å²) in [7, 11) is 3.00. The van der Waals surface area contributed by atoms with Gasteiger partial charge in [-0.05, 0) is 26.8 Å². The van der Waals surface area contributed by atoms with E-state index in [0.717, 1.165) is 0 Å². The van der Waals surface area contributed by atoms with Gasteiger partial charge in [-0.15, -0.1) is 0 Å². The van der Waals surface area contributed by atoms with E-state index in [-0.39, 0.29) is 23.8 Å². The number of para-hydroxylation sites is 1. The molecule has 2 rings (SSSR count). The molecule has 0 bridgehead atoms. The molecule has 0 aliphatic carbocycles. The number of allylic oxidation sites excluding steroid dienone is 2. The van der Waals surface area contributed by atoms with Gasteiger partial charge in [0.2, 0.25) is 5.88 Å². The van der Waals surface area contributed by atoms with E-state index in [9.17, 15) is 9.59 Å². The van der Waals surface area contributed by atoms with Crippen LogP contribution in [0.2, 0.25) is 0 Å². The monoisotopic (exact) mass is 361 g/mol. The summed E-state index contributed by atoms with van der Waals surface area (Å²) in [5.41, 5.74) is 6.93. The van der Waals surface area contributed by atoms with Crippen molar-refractivity contribution in [1.29, 1.82) is 0 Å². The van der Waals surface area contributed by atoms with E-state index in [0.29, 0.717) is 28.4 Å². The van der Waals surface area contributed by atoms with Crippen molar-refractivity contribution in [3.63, 3.8) is 0 Å². The number of hydrogen-bond donors (Lipinski definition) is 1. The Morgan fingerprint density at radius 1 is 1.19 bits per heavy atom. The van der Waals surface area contributed by atoms with Gasteiger partial charge in [-0.25, -0.2) is 4.79 Å². The van der Waals surface area contributed by atoms with Crippen LogP contribution in [0.5, 0.6) is 11.5 Å². The lowest BCUT2D eigenvalue weighted by molar-refractivity contribution is -0.139. The molecule has 7 heteroatoms. The molecule has 2 N–H and O–H groups in total. The lowest BCUT2D eigenvalue weighted by Gasteiger charge is -2.29. The van der Waals surface area contributed by atoms with Crippen LogP contribution in [0.15, 0.2) is 41.0 Å². The highest BCUT2D eigenvalue weighted by atomic mass is 16.5. The van der Waals surface area contributed by atoms with Crippen molar-refractivity contribution in [2.75, 3.05) is 20.8 Å². The number of benzene rings is 1. The molecule has 0 saturated heterocycles. The van der Waals surface area contributed by atoms with Gasteiger partial charge in [-0.1, -0.05) is 12.1 Å². The second-order valence-corrected chi connectivity index (χ2v) is 5.64. The van der Waals surface area contributed by atoms with Gasteiger partial charge in [0.05, 0.1) is 26.7 Å². The van der Waals surface area contributed by atoms with Crippen molar-refractivity contribution in [3.05, 3.63) is 46.6 Å². The molecular formula is C19H23NO6. The minimum atomic E-state index is -0.787. The number of ether oxygens (including phenoxy) is 4. The van der Waals surface area contributed by atoms with Crippen molar-refractivity contribution in [3.8, 4) is 11.5 Å². The predicted octanol–water partition coefficient (Wildman–Crippen LogP) is 2.41. The van der Waals surface area contributed by atoms with Crippen molar-refractivity contribution >= 4 is 11.8 Å². The average Bonchev–Trinajstić information content (AvgIpc) is 2.59. The smallest absolute Gasteiger partial charge is 0.340 e. The standard InChI is InChI=1S/C19H23NO6/c1-6-25-19(22)16-15(14(10(2)21)11(3)26-18(16)20)12-8-7-9-13(23-4)17(12)24-5/h7-9,15H,6,20H2,1-5H3/t15-/m1/s1. The minimum absolute atomic E-state index is 0.0641. The zero-order chi connectivity index (χ0) is 19.4. The van der Waals surface area contributed by atoms with Gasteiger partial charge in [0, 0.05) is 11.1 Å². The molecule has 0 saturated carbocycles. The molecular weight excluding hydrogens is 338 g/mol. The number of rotatable bonds is 6. The Morgan fingerprint density at radius 2 is 1.88 bits per heavy atom. The second kappa shape index (κ2) is 7.95. The van der Waals surface area contributed by atoms with Gasteiger partial charge in [0.15, 0.2) is 17.3 Å². The van der Waals surface area contributed by atoms with E-state index in [4.69, 9.17) is 24.7 Å². The number of carbonyl (C=O) groups excluding carboxylic acids is 2. The summed E-state index contributed by atoms with van der Waals surface area (Å²) >= 11 is 0. The molecule has 1 atom stereocenters. The number of nitrogens with two attached hydrogens (primary N) is 1. The molecule has 0 aromatic heterocycles. The molecule has 26 heavy (non-hydrogen) atoms. The Kier molecular flexibility index (Phi) is 5.92. The molecule has 1 aromatic carbocycles. The Morgan fingerprint density at radius 3 is 2.42 bits per heavy atom. The number of ketones is 1. The second-order valence-electron chi connectivity index (χ2n) is 5.64. The third kappa shape index (κ3) is 3.37. The first-order valence-corrected chi connectivity index (χ1v) is 8.14. The summed E-state index contributed by atoms with van der Waals surface area (Å²) in [4.78, 5) is 24.9. The fraction of sp³-hybridized carbons (Fsp3) is 0.368. The first kappa shape index (κ1) is 19.4. The highest BCUT2D eigenvalue weighted by Gasteiger charge is 2.39. The van der Waals surface area contributed by atoms with Crippen LogP contribution in [0.25, 0.3) is 0 Å². The molecule has 0 amide bonds. The number of esters is 1. The van der Waals surface area contributed by atoms with E-state index < -0.39 is 11.9 Å². The van der Waals surface area contributed by atoms with Crippen LogP contribution in [0.4, 0.5) is 0 Å². The fourth-order valence-electron chi connectivity index (χ4n) is 3.09. The van der Waals surface area contributed by atoms with Crippen LogP contribution >= 0.6 is 0 Å². The number of hydrogen-bond acceptors (Lipinski definition) is 7. The summed E-state index contributed by atoms with van der Waals surface area (Å²) in [5.74, 6) is -0.566. The SMILES string of the molecule is CCOC(=O)C1=C(N)OC(C)=C(C(C)=O)[C@H]1c1cccc(OC)c1OC. The van der Waals surface area contributed by atoms with E-state index >= 15 is 0 Å². The minimum Gasteiger partial charge on any atom is -0.493 e. The van der Waals surface area contributed by atoms with Gasteiger partial charge in [-0.2, -0.15) is 0 Å². The molecule has 0 radical (unpaired) electrons. The molecule has 0 fully saturated rings. The summed E-state index contributed by atoms with van der Waals surface area (Å²) in [6.45, 7) is 4.89. The number of Topliss-reactive ketones (excluding diaryl/α,β-unsaturated/α-hetero) is 1. The molecule has 0 unspecified atom stereocenters. The lowest BCUT2D eigenvalue weighted by atomic mass is 9.80. The van der Waals surface area contributed by atoms with E-state index in [2.05, 4.69) is 0 Å². The van der Waals surface area contributed by atoms with Gasteiger partial charge >= 0.3 is 5.97 Å². The Balaban J connectivity index is 2.78. The van der Waals surface area contributed by atoms with Crippen LogP contribution in [0.3, 0.4) is 0 Å². The van der Waals surface area contributed by atoms with E-state index in [1.807, 2.05) is 0 Å². The largest absolute Gasteiger partial charge is 0.493 e. The van der Waals surface area contributed by atoms with Crippen molar-refractivity contribution < 1.29 is 28.5 Å². The third-order valence-electron chi connectivity index (χ3n) is 4.10. The van der Waals surface area contributed by atoms with E-state index in [1.54, 1.807) is 32.0 Å². The highest BCUT2D eigenvalue weighted by Crippen LogP contribution is 2.46. The molecule has 0 spiro atoms. The van der Waals surface area contributed by atoms with Crippen LogP contribution in [-0.2, 0) is 19.1 Å². The highest BCUT2D eigenvalue weighted by molar-refractivity contribution is 6.01. The van der Waals surface area contributed by atoms with Gasteiger partial charge < -0.3 is 24.7 Å². The van der Waals surface area contributed by atoms with Crippen molar-refractivity contribution in [1.82, 2.24) is 0 Å². The average molecular weight is 361 g/mol. The maximum atomic E-state index is 12.6. The molecule has 1 aromatic rings. The fourth-order valence-corrected chi connectivity index (χ4v) is 3.09. The molecule has 140 valence electrons. The van der Waals surface area contributed by atoms with Crippen LogP contribution < -0.4 is 15.2 Å². The zero-order valence-electron chi connectivity index (χ0n) is 15.5. The maximum absolute atomic E-state index is 12.6. The Bertz CT molecular complexity index is 793. The first-order chi connectivity index (χ1) is 12.4. The first-order valence-electron chi connectivity index (χ1n) is 8.14. The normalized spacial score (nSPS) is 16.9. The molecule has 1 aliphatic rings. The quantitative estimate of drug-likeness (QED) is 0.777. The van der Waals surface area contributed by atoms with Crippen LogP contribution in [0.1, 0.15) is 32.3 Å². The Labute approximate surface area is 152 Å². The topological polar surface area (TPSA) is 97.1 Å². The summed E-state index contributed by atoms with van der Waals surface area (Å²) < 4.78 is 21.4. The number of methoxy groups -OCH3 is 2. The maximum Gasteiger partial charge on any atom is 0.340 e. The van der Waals surface area contributed by atoms with Crippen LogP contribution in [0, 0.1) is 0 Å². The van der Waals surface area contributed by atoms with Crippen molar-refractivity contribution in [2.45, 2.75) is 26.7 Å². The summed E-state index contributed by atoms with van der Waals surface area (Å²) in [6, 6.07) is 5.22. The predicted molar refractivity (Wildman–Crippen MR) is 94.6 cm³/mol. The van der Waals surface area contributed by atoms with Gasteiger partial charge in [-0.3, -0.25) is 4.79 Å². The zero-order valence-corrected chi connectivity index (χ0v) is 15.5. The molecule has 7 nitrogen and oxygen atoms in total. The molecule has 1 aliphatic heterocycles. The molecule has 1 heterocycles. The van der Waals surface area contributed by atoms with Gasteiger partial charge in [0.25, 0.3) is 0 Å². The van der Waals surface area contributed by atoms with Crippen molar-refractivity contribution in [2.24, 2.45) is 5.73 Å². The summed E-state index contributed by atoms with van der Waals surface area (Å²) in [5, 5.41) is 0. The van der Waals surface area contributed by atoms with E-state index in [1.165, 1.54) is 21.1 Å². The number of carbonyl (C=O) groups is 2.